The molecule has 0 aliphatic carbocycles. The Morgan fingerprint density at radius 1 is 1.25 bits per heavy atom. The highest BCUT2D eigenvalue weighted by Crippen LogP contribution is 2.25. The average Bonchev–Trinajstić information content (AvgIpc) is 2.97. The SMILES string of the molecule is Cc1nc(C)n(CC2CCCN(C(=O)C(C)C(N)c3ccccc3)C2)n1.Cl.Cl. The number of piperidine rings is 1. The molecule has 2 N–H and O–H groups in total. The Bertz CT molecular complexity index is 752. The number of amides is 1. The van der Waals surface area contributed by atoms with Crippen molar-refractivity contribution < 1.29 is 4.79 Å². The summed E-state index contributed by atoms with van der Waals surface area (Å²) < 4.78 is 1.97. The number of halogens is 2. The van der Waals surface area contributed by atoms with Crippen LogP contribution in [-0.4, -0.2) is 38.7 Å². The molecule has 1 aromatic heterocycles. The largest absolute Gasteiger partial charge is 0.342 e. The molecular formula is C20H31Cl2N5O. The first-order valence-electron chi connectivity index (χ1n) is 9.43. The van der Waals surface area contributed by atoms with Gasteiger partial charge in [-0.15, -0.1) is 24.8 Å². The van der Waals surface area contributed by atoms with Crippen molar-refractivity contribution in [2.45, 2.75) is 46.2 Å². The van der Waals surface area contributed by atoms with Crippen molar-refractivity contribution in [1.82, 2.24) is 19.7 Å². The minimum absolute atomic E-state index is 0. The number of carbonyl (C=O) groups is 1. The fourth-order valence-electron chi connectivity index (χ4n) is 3.80. The first-order chi connectivity index (χ1) is 12.5. The first kappa shape index (κ1) is 24.4. The van der Waals surface area contributed by atoms with Gasteiger partial charge in [-0.05, 0) is 38.2 Å². The van der Waals surface area contributed by atoms with Gasteiger partial charge in [0.2, 0.25) is 5.91 Å². The minimum atomic E-state index is -0.274. The van der Waals surface area contributed by atoms with Crippen LogP contribution in [0, 0.1) is 25.7 Å². The lowest BCUT2D eigenvalue weighted by atomic mass is 9.92. The molecule has 1 aliphatic heterocycles. The molecule has 0 bridgehead atoms. The Morgan fingerprint density at radius 3 is 2.54 bits per heavy atom. The number of aryl methyl sites for hydroxylation is 2. The van der Waals surface area contributed by atoms with Crippen LogP contribution < -0.4 is 5.73 Å². The summed E-state index contributed by atoms with van der Waals surface area (Å²) in [5, 5.41) is 4.46. The van der Waals surface area contributed by atoms with E-state index >= 15 is 0 Å². The highest BCUT2D eigenvalue weighted by Gasteiger charge is 2.30. The van der Waals surface area contributed by atoms with Crippen molar-refractivity contribution in [3.63, 3.8) is 0 Å². The second kappa shape index (κ2) is 10.8. The number of hydrogen-bond acceptors (Lipinski definition) is 4. The predicted octanol–water partition coefficient (Wildman–Crippen LogP) is 3.31. The molecule has 8 heteroatoms. The van der Waals surface area contributed by atoms with Crippen LogP contribution in [0.3, 0.4) is 0 Å². The lowest BCUT2D eigenvalue weighted by Gasteiger charge is -2.35. The molecule has 3 atom stereocenters. The number of likely N-dealkylation sites (tertiary alicyclic amines) is 1. The van der Waals surface area contributed by atoms with Gasteiger partial charge in [0.05, 0.1) is 5.92 Å². The third-order valence-corrected chi connectivity index (χ3v) is 5.34. The number of rotatable bonds is 5. The van der Waals surface area contributed by atoms with Crippen LogP contribution in [0.5, 0.6) is 0 Å². The van der Waals surface area contributed by atoms with E-state index in [0.29, 0.717) is 5.92 Å². The summed E-state index contributed by atoms with van der Waals surface area (Å²) in [6.45, 7) is 8.23. The number of hydrogen-bond donors (Lipinski definition) is 1. The van der Waals surface area contributed by atoms with Crippen LogP contribution in [0.4, 0.5) is 0 Å². The van der Waals surface area contributed by atoms with Crippen LogP contribution in [-0.2, 0) is 11.3 Å². The second-order valence-electron chi connectivity index (χ2n) is 7.41. The van der Waals surface area contributed by atoms with Crippen molar-refractivity contribution >= 4 is 30.7 Å². The van der Waals surface area contributed by atoms with Crippen molar-refractivity contribution in [3.8, 4) is 0 Å². The second-order valence-corrected chi connectivity index (χ2v) is 7.41. The summed E-state index contributed by atoms with van der Waals surface area (Å²) in [7, 11) is 0. The van der Waals surface area contributed by atoms with E-state index in [0.717, 1.165) is 49.7 Å². The summed E-state index contributed by atoms with van der Waals surface area (Å²) in [5.41, 5.74) is 7.37. The third kappa shape index (κ3) is 5.69. The van der Waals surface area contributed by atoms with E-state index in [1.165, 1.54) is 0 Å². The molecule has 1 aromatic carbocycles. The minimum Gasteiger partial charge on any atom is -0.342 e. The molecule has 3 rings (SSSR count). The molecule has 0 radical (unpaired) electrons. The topological polar surface area (TPSA) is 77.0 Å². The van der Waals surface area contributed by atoms with E-state index in [1.807, 2.05) is 60.7 Å². The highest BCUT2D eigenvalue weighted by atomic mass is 35.5. The molecular weight excluding hydrogens is 397 g/mol. The van der Waals surface area contributed by atoms with Gasteiger partial charge in [0, 0.05) is 25.7 Å². The van der Waals surface area contributed by atoms with Gasteiger partial charge in [-0.3, -0.25) is 4.79 Å². The summed E-state index contributed by atoms with van der Waals surface area (Å²) in [4.78, 5) is 19.4. The van der Waals surface area contributed by atoms with Crippen LogP contribution in [0.15, 0.2) is 30.3 Å². The van der Waals surface area contributed by atoms with Gasteiger partial charge in [-0.25, -0.2) is 9.67 Å². The average molecular weight is 428 g/mol. The van der Waals surface area contributed by atoms with Gasteiger partial charge in [-0.1, -0.05) is 37.3 Å². The van der Waals surface area contributed by atoms with Gasteiger partial charge in [-0.2, -0.15) is 5.10 Å². The molecule has 156 valence electrons. The maximum atomic E-state index is 13.0. The molecule has 3 unspecified atom stereocenters. The molecule has 2 aromatic rings. The molecule has 28 heavy (non-hydrogen) atoms. The zero-order chi connectivity index (χ0) is 18.7. The Balaban J connectivity index is 0.00000196. The van der Waals surface area contributed by atoms with Gasteiger partial charge >= 0.3 is 0 Å². The monoisotopic (exact) mass is 427 g/mol. The quantitative estimate of drug-likeness (QED) is 0.793. The number of carbonyl (C=O) groups excluding carboxylic acids is 1. The third-order valence-electron chi connectivity index (χ3n) is 5.34. The van der Waals surface area contributed by atoms with Crippen LogP contribution >= 0.6 is 24.8 Å². The van der Waals surface area contributed by atoms with Crippen molar-refractivity contribution in [2.24, 2.45) is 17.6 Å². The Hall–Kier alpha value is -1.63. The maximum Gasteiger partial charge on any atom is 0.227 e. The van der Waals surface area contributed by atoms with Gasteiger partial charge in [0.15, 0.2) is 0 Å². The zero-order valence-electron chi connectivity index (χ0n) is 16.7. The van der Waals surface area contributed by atoms with E-state index in [4.69, 9.17) is 5.73 Å². The summed E-state index contributed by atoms with van der Waals surface area (Å²) >= 11 is 0. The number of aromatic nitrogens is 3. The van der Waals surface area contributed by atoms with E-state index < -0.39 is 0 Å². The maximum absolute atomic E-state index is 13.0. The molecule has 6 nitrogen and oxygen atoms in total. The normalized spacial score (nSPS) is 18.6. The fourth-order valence-corrected chi connectivity index (χ4v) is 3.80. The standard InChI is InChI=1S/C20H29N5O.2ClH/c1-14(19(21)18-9-5-4-6-10-18)20(26)24-11-7-8-17(12-24)13-25-16(3)22-15(2)23-25;;/h4-6,9-10,14,17,19H,7-8,11-13,21H2,1-3H3;2*1H. The van der Waals surface area contributed by atoms with Gasteiger partial charge in [0.25, 0.3) is 0 Å². The van der Waals surface area contributed by atoms with E-state index in [2.05, 4.69) is 10.1 Å². The van der Waals surface area contributed by atoms with Crippen LogP contribution in [0.2, 0.25) is 0 Å². The van der Waals surface area contributed by atoms with Crippen molar-refractivity contribution in [1.29, 1.82) is 0 Å². The van der Waals surface area contributed by atoms with E-state index in [1.54, 1.807) is 0 Å². The van der Waals surface area contributed by atoms with E-state index in [-0.39, 0.29) is 42.7 Å². The molecule has 1 saturated heterocycles. The molecule has 0 spiro atoms. The lowest BCUT2D eigenvalue weighted by Crippen LogP contribution is -2.45. The Kier molecular flexibility index (Phi) is 9.40. The van der Waals surface area contributed by atoms with Crippen molar-refractivity contribution in [3.05, 3.63) is 47.5 Å². The van der Waals surface area contributed by atoms with Gasteiger partial charge in [0.1, 0.15) is 11.6 Å². The van der Waals surface area contributed by atoms with Crippen LogP contribution in [0.25, 0.3) is 0 Å². The Morgan fingerprint density at radius 2 is 1.93 bits per heavy atom. The van der Waals surface area contributed by atoms with Crippen LogP contribution in [0.1, 0.15) is 43.0 Å². The summed E-state index contributed by atoms with van der Waals surface area (Å²) in [6.07, 6.45) is 2.14. The zero-order valence-corrected chi connectivity index (χ0v) is 18.4. The summed E-state index contributed by atoms with van der Waals surface area (Å²) in [5.74, 6) is 2.07. The molecule has 1 fully saturated rings. The number of nitrogens with zero attached hydrogens (tertiary/aromatic N) is 4. The molecule has 1 amide bonds. The van der Waals surface area contributed by atoms with E-state index in [9.17, 15) is 4.79 Å². The van der Waals surface area contributed by atoms with Crippen molar-refractivity contribution in [2.75, 3.05) is 13.1 Å². The predicted molar refractivity (Wildman–Crippen MR) is 116 cm³/mol. The first-order valence-corrected chi connectivity index (χ1v) is 9.43. The molecule has 1 aliphatic rings. The molecule has 2 heterocycles. The summed E-state index contributed by atoms with van der Waals surface area (Å²) in [6, 6.07) is 9.60. The Labute approximate surface area is 179 Å². The molecule has 0 saturated carbocycles. The lowest BCUT2D eigenvalue weighted by molar-refractivity contribution is -0.137. The fraction of sp³-hybridized carbons (Fsp3) is 0.550. The van der Waals surface area contributed by atoms with Gasteiger partial charge < -0.3 is 10.6 Å². The number of nitrogens with two attached hydrogens (primary N) is 1. The highest BCUT2D eigenvalue weighted by molar-refractivity contribution is 5.85. The number of benzene rings is 1. The smallest absolute Gasteiger partial charge is 0.227 e.